The molecule has 0 saturated carbocycles. The normalized spacial score (nSPS) is 10.9. The van der Waals surface area contributed by atoms with Crippen LogP contribution in [0.2, 0.25) is 0 Å². The molecule has 0 radical (unpaired) electrons. The maximum atomic E-state index is 13.0. The van der Waals surface area contributed by atoms with Gasteiger partial charge in [0.15, 0.2) is 5.78 Å². The molecule has 0 spiro atoms. The van der Waals surface area contributed by atoms with Crippen molar-refractivity contribution in [3.05, 3.63) is 76.4 Å². The maximum absolute atomic E-state index is 13.0. The zero-order valence-electron chi connectivity index (χ0n) is 17.7. The molecule has 0 bridgehead atoms. The number of aliphatic carboxylic acids is 1. The number of unbranched alkanes of at least 4 members (excludes halogenated alkanes) is 2. The summed E-state index contributed by atoms with van der Waals surface area (Å²) in [6.07, 6.45) is 6.57. The Balaban J connectivity index is 2.28. The monoisotopic (exact) mass is 424 g/mol. The topological polar surface area (TPSA) is 101 Å². The fourth-order valence-corrected chi connectivity index (χ4v) is 3.12. The van der Waals surface area contributed by atoms with E-state index in [1.807, 2.05) is 18.2 Å². The zero-order chi connectivity index (χ0) is 22.6. The fraction of sp³-hybridized carbons (Fsp3) is 0.320. The predicted molar refractivity (Wildman–Crippen MR) is 118 cm³/mol. The van der Waals surface area contributed by atoms with Gasteiger partial charge in [0.1, 0.15) is 0 Å². The van der Waals surface area contributed by atoms with Crippen molar-refractivity contribution in [2.24, 2.45) is 0 Å². The first kappa shape index (κ1) is 24.0. The standard InChI is InChI=1S/C25H28O6/c1-2-31-25(30)22-10-7-9-20(17-22)24(29)21-12-11-18(8-5-3-4-6-15-26)19(16-21)13-14-23(27)28/h5,7-12,16-17,26H,2-4,6,13-15H2,1H3,(H,27,28)/b8-5+. The minimum absolute atomic E-state index is 0.0403. The summed E-state index contributed by atoms with van der Waals surface area (Å²) in [4.78, 5) is 36.0. The first-order valence-electron chi connectivity index (χ1n) is 10.4. The highest BCUT2D eigenvalue weighted by Gasteiger charge is 2.15. The fourth-order valence-electron chi connectivity index (χ4n) is 3.12. The van der Waals surface area contributed by atoms with Crippen molar-refractivity contribution >= 4 is 23.8 Å². The lowest BCUT2D eigenvalue weighted by molar-refractivity contribution is -0.136. The number of aliphatic hydroxyl groups excluding tert-OH is 1. The van der Waals surface area contributed by atoms with Gasteiger partial charge in [0, 0.05) is 24.2 Å². The first-order chi connectivity index (χ1) is 15.0. The zero-order valence-corrected chi connectivity index (χ0v) is 17.7. The SMILES string of the molecule is CCOC(=O)c1cccc(C(=O)c2ccc(/C=C/CCCCO)c(CCC(=O)O)c2)c1. The third-order valence-electron chi connectivity index (χ3n) is 4.73. The number of allylic oxidation sites excluding steroid dienone is 1. The lowest BCUT2D eigenvalue weighted by atomic mass is 9.95. The van der Waals surface area contributed by atoms with Crippen molar-refractivity contribution in [2.45, 2.75) is 39.0 Å². The number of ketones is 1. The van der Waals surface area contributed by atoms with Crippen molar-refractivity contribution in [1.82, 2.24) is 0 Å². The number of aryl methyl sites for hydroxylation is 1. The van der Waals surface area contributed by atoms with Gasteiger partial charge in [-0.25, -0.2) is 4.79 Å². The molecule has 31 heavy (non-hydrogen) atoms. The van der Waals surface area contributed by atoms with Crippen LogP contribution in [0.5, 0.6) is 0 Å². The second kappa shape index (κ2) is 12.4. The summed E-state index contributed by atoms with van der Waals surface area (Å²) in [5, 5.41) is 17.9. The molecule has 2 aromatic rings. The van der Waals surface area contributed by atoms with Gasteiger partial charge in [-0.1, -0.05) is 36.4 Å². The van der Waals surface area contributed by atoms with Crippen molar-refractivity contribution in [3.63, 3.8) is 0 Å². The number of carboxylic acids is 1. The van der Waals surface area contributed by atoms with E-state index in [1.165, 1.54) is 6.07 Å². The summed E-state index contributed by atoms with van der Waals surface area (Å²) in [6.45, 7) is 2.12. The number of esters is 1. The summed E-state index contributed by atoms with van der Waals surface area (Å²) in [5.74, 6) is -1.64. The quantitative estimate of drug-likeness (QED) is 0.299. The van der Waals surface area contributed by atoms with Crippen molar-refractivity contribution < 1.29 is 29.3 Å². The molecule has 0 aromatic heterocycles. The number of carbonyl (C=O) groups is 3. The Morgan fingerprint density at radius 3 is 2.45 bits per heavy atom. The Labute approximate surface area is 182 Å². The number of benzene rings is 2. The molecule has 0 fully saturated rings. The van der Waals surface area contributed by atoms with Crippen LogP contribution in [-0.2, 0) is 16.0 Å². The molecule has 0 amide bonds. The highest BCUT2D eigenvalue weighted by Crippen LogP contribution is 2.20. The van der Waals surface area contributed by atoms with E-state index in [1.54, 1.807) is 37.3 Å². The number of aliphatic hydroxyl groups is 1. The third kappa shape index (κ3) is 7.50. The molecule has 6 nitrogen and oxygen atoms in total. The number of carbonyl (C=O) groups excluding carboxylic acids is 2. The Morgan fingerprint density at radius 2 is 1.74 bits per heavy atom. The minimum atomic E-state index is -0.906. The van der Waals surface area contributed by atoms with Crippen molar-refractivity contribution in [3.8, 4) is 0 Å². The van der Waals surface area contributed by atoms with E-state index in [2.05, 4.69) is 0 Å². The van der Waals surface area contributed by atoms with E-state index < -0.39 is 11.9 Å². The molecule has 0 aliphatic rings. The van der Waals surface area contributed by atoms with Crippen LogP contribution in [0, 0.1) is 0 Å². The van der Waals surface area contributed by atoms with Gasteiger partial charge in [-0.2, -0.15) is 0 Å². The van der Waals surface area contributed by atoms with Crippen LogP contribution in [-0.4, -0.2) is 41.1 Å². The molecular formula is C25H28O6. The van der Waals surface area contributed by atoms with Crippen molar-refractivity contribution in [1.29, 1.82) is 0 Å². The van der Waals surface area contributed by atoms with Crippen LogP contribution in [0.4, 0.5) is 0 Å². The average Bonchev–Trinajstić information content (AvgIpc) is 2.77. The summed E-state index contributed by atoms with van der Waals surface area (Å²) in [6, 6.07) is 11.6. The summed E-state index contributed by atoms with van der Waals surface area (Å²) in [5.41, 5.74) is 2.73. The maximum Gasteiger partial charge on any atom is 0.338 e. The summed E-state index contributed by atoms with van der Waals surface area (Å²) in [7, 11) is 0. The lowest BCUT2D eigenvalue weighted by Crippen LogP contribution is -2.08. The van der Waals surface area contributed by atoms with Crippen LogP contribution >= 0.6 is 0 Å². The van der Waals surface area contributed by atoms with E-state index in [-0.39, 0.29) is 25.4 Å². The smallest absolute Gasteiger partial charge is 0.338 e. The lowest BCUT2D eigenvalue weighted by Gasteiger charge is -2.09. The van der Waals surface area contributed by atoms with Crippen LogP contribution in [0.3, 0.4) is 0 Å². The number of carboxylic acid groups (broad SMARTS) is 1. The van der Waals surface area contributed by atoms with Gasteiger partial charge in [-0.15, -0.1) is 0 Å². The van der Waals surface area contributed by atoms with E-state index in [9.17, 15) is 14.4 Å². The summed E-state index contributed by atoms with van der Waals surface area (Å²) >= 11 is 0. The number of ether oxygens (including phenoxy) is 1. The molecule has 0 saturated heterocycles. The Morgan fingerprint density at radius 1 is 1.00 bits per heavy atom. The largest absolute Gasteiger partial charge is 0.481 e. The molecule has 6 heteroatoms. The van der Waals surface area contributed by atoms with Crippen LogP contribution in [0.25, 0.3) is 6.08 Å². The second-order valence-corrected chi connectivity index (χ2v) is 7.06. The first-order valence-corrected chi connectivity index (χ1v) is 10.4. The molecular weight excluding hydrogens is 396 g/mol. The molecule has 0 heterocycles. The highest BCUT2D eigenvalue weighted by molar-refractivity contribution is 6.10. The number of rotatable bonds is 12. The van der Waals surface area contributed by atoms with Gasteiger partial charge in [0.2, 0.25) is 0 Å². The van der Waals surface area contributed by atoms with E-state index in [0.717, 1.165) is 30.4 Å². The average molecular weight is 424 g/mol. The van der Waals surface area contributed by atoms with Gasteiger partial charge in [0.05, 0.1) is 12.2 Å². The van der Waals surface area contributed by atoms with Crippen LogP contribution in [0.1, 0.15) is 70.0 Å². The van der Waals surface area contributed by atoms with E-state index in [4.69, 9.17) is 14.9 Å². The number of hydrogen-bond acceptors (Lipinski definition) is 5. The van der Waals surface area contributed by atoms with E-state index in [0.29, 0.717) is 23.1 Å². The van der Waals surface area contributed by atoms with Crippen LogP contribution in [0.15, 0.2) is 48.5 Å². The molecule has 2 aromatic carbocycles. The highest BCUT2D eigenvalue weighted by atomic mass is 16.5. The van der Waals surface area contributed by atoms with Crippen molar-refractivity contribution in [2.75, 3.05) is 13.2 Å². The Kier molecular flexibility index (Phi) is 9.65. The van der Waals surface area contributed by atoms with Gasteiger partial charge in [-0.05, 0) is 61.9 Å². The summed E-state index contributed by atoms with van der Waals surface area (Å²) < 4.78 is 4.99. The molecule has 0 aliphatic carbocycles. The molecule has 2 N–H and O–H groups in total. The minimum Gasteiger partial charge on any atom is -0.481 e. The molecule has 0 unspecified atom stereocenters. The van der Waals surface area contributed by atoms with Crippen LogP contribution < -0.4 is 0 Å². The van der Waals surface area contributed by atoms with Gasteiger partial charge in [0.25, 0.3) is 0 Å². The third-order valence-corrected chi connectivity index (χ3v) is 4.73. The second-order valence-electron chi connectivity index (χ2n) is 7.06. The molecule has 0 atom stereocenters. The molecule has 2 rings (SSSR count). The van der Waals surface area contributed by atoms with Gasteiger partial charge in [-0.3, -0.25) is 9.59 Å². The Hall–Kier alpha value is -3.25. The molecule has 164 valence electrons. The number of hydrogen-bond donors (Lipinski definition) is 2. The predicted octanol–water partition coefficient (Wildman–Crippen LogP) is 4.29. The van der Waals surface area contributed by atoms with E-state index >= 15 is 0 Å². The van der Waals surface area contributed by atoms with Gasteiger partial charge < -0.3 is 14.9 Å². The van der Waals surface area contributed by atoms with Gasteiger partial charge >= 0.3 is 11.9 Å². The molecule has 0 aliphatic heterocycles. The Bertz CT molecular complexity index is 945.